The molecule has 2 aliphatic carbocycles. The number of nitrogens with one attached hydrogen (secondary N) is 3. The lowest BCUT2D eigenvalue weighted by Crippen LogP contribution is -2.39. The van der Waals surface area contributed by atoms with Crippen LogP contribution in [0.4, 0.5) is 17.1 Å². The van der Waals surface area contributed by atoms with Crippen molar-refractivity contribution in [2.24, 2.45) is 0 Å². The lowest BCUT2D eigenvalue weighted by molar-refractivity contribution is 0.0962. The number of allylic oxidation sites excluding steroid dienone is 4. The third kappa shape index (κ3) is 2.71. The number of carbonyl (C=O) groups is 1. The lowest BCUT2D eigenvalue weighted by atomic mass is 9.82. The summed E-state index contributed by atoms with van der Waals surface area (Å²) in [5.41, 5.74) is 7.99. The summed E-state index contributed by atoms with van der Waals surface area (Å²) in [6.07, 6.45) is 15.1. The number of hydrogen-bond donors (Lipinski definition) is 3. The normalized spacial score (nSPS) is 26.0. The zero-order valence-electron chi connectivity index (χ0n) is 17.1. The molecule has 0 saturated heterocycles. The van der Waals surface area contributed by atoms with Crippen LogP contribution in [0.5, 0.6) is 0 Å². The van der Waals surface area contributed by atoms with Crippen molar-refractivity contribution in [3.05, 3.63) is 65.3 Å². The summed E-state index contributed by atoms with van der Waals surface area (Å²) in [6, 6.07) is 2.05. The van der Waals surface area contributed by atoms with E-state index in [9.17, 15) is 4.79 Å². The number of rotatable bonds is 3. The van der Waals surface area contributed by atoms with Crippen LogP contribution in [0.2, 0.25) is 0 Å². The maximum atomic E-state index is 12.7. The molecule has 29 heavy (non-hydrogen) atoms. The maximum Gasteiger partial charge on any atom is 0.251 e. The number of hydrogen-bond acceptors (Lipinski definition) is 4. The van der Waals surface area contributed by atoms with E-state index in [-0.39, 0.29) is 17.6 Å². The molecule has 2 aliphatic heterocycles. The second kappa shape index (κ2) is 6.55. The molecule has 0 bridgehead atoms. The summed E-state index contributed by atoms with van der Waals surface area (Å²) >= 11 is 0. The minimum absolute atomic E-state index is 0.0229. The zero-order chi connectivity index (χ0) is 20.2. The van der Waals surface area contributed by atoms with Crippen LogP contribution in [0.25, 0.3) is 0 Å². The average Bonchev–Trinajstić information content (AvgIpc) is 3.24. The zero-order valence-corrected chi connectivity index (χ0v) is 17.1. The van der Waals surface area contributed by atoms with Crippen molar-refractivity contribution in [3.63, 3.8) is 0 Å². The Hall–Kier alpha value is -2.95. The molecule has 1 aromatic rings. The molecule has 5 rings (SSSR count). The number of anilines is 3. The van der Waals surface area contributed by atoms with Gasteiger partial charge in [0.25, 0.3) is 5.91 Å². The standard InChI is InChI=1S/C24H28N4O/c1-4-11-28-15(2)26-22-20(28)12-19(23(29)25-3)18-9-10-24(27-21(18)22)13-16-7-5-6-8-17(16)14-24/h4-7,12,14-15,26-27H,1,8-11,13H2,2-3H3,(H,25,29). The minimum atomic E-state index is -0.0634. The van der Waals surface area contributed by atoms with Gasteiger partial charge in [0.05, 0.1) is 28.8 Å². The monoisotopic (exact) mass is 388 g/mol. The summed E-state index contributed by atoms with van der Waals surface area (Å²) in [4.78, 5) is 15.0. The van der Waals surface area contributed by atoms with E-state index >= 15 is 0 Å². The Labute approximate surface area is 172 Å². The molecule has 2 unspecified atom stereocenters. The van der Waals surface area contributed by atoms with Crippen LogP contribution < -0.4 is 20.9 Å². The summed E-state index contributed by atoms with van der Waals surface area (Å²) in [5.74, 6) is -0.0229. The van der Waals surface area contributed by atoms with Crippen molar-refractivity contribution < 1.29 is 4.79 Å². The number of nitrogens with zero attached hydrogens (tertiary/aromatic N) is 1. The highest BCUT2D eigenvalue weighted by Crippen LogP contribution is 2.51. The molecule has 2 heterocycles. The fourth-order valence-electron chi connectivity index (χ4n) is 5.27. The van der Waals surface area contributed by atoms with Gasteiger partial charge < -0.3 is 20.9 Å². The van der Waals surface area contributed by atoms with Crippen LogP contribution in [-0.4, -0.2) is 31.2 Å². The van der Waals surface area contributed by atoms with Gasteiger partial charge in [-0.1, -0.05) is 30.4 Å². The maximum absolute atomic E-state index is 12.7. The molecule has 5 nitrogen and oxygen atoms in total. The number of amides is 1. The van der Waals surface area contributed by atoms with Gasteiger partial charge in [-0.15, -0.1) is 6.58 Å². The predicted molar refractivity (Wildman–Crippen MR) is 120 cm³/mol. The van der Waals surface area contributed by atoms with Crippen molar-refractivity contribution in [1.29, 1.82) is 0 Å². The lowest BCUT2D eigenvalue weighted by Gasteiger charge is -2.37. The Morgan fingerprint density at radius 2 is 2.28 bits per heavy atom. The molecular formula is C24H28N4O. The molecule has 3 N–H and O–H groups in total. The Morgan fingerprint density at radius 1 is 1.41 bits per heavy atom. The second-order valence-electron chi connectivity index (χ2n) is 8.46. The smallest absolute Gasteiger partial charge is 0.251 e. The summed E-state index contributed by atoms with van der Waals surface area (Å²) in [5, 5.41) is 10.4. The van der Waals surface area contributed by atoms with Gasteiger partial charge in [-0.3, -0.25) is 4.79 Å². The first-order chi connectivity index (χ1) is 14.0. The Kier molecular flexibility index (Phi) is 4.09. The third-order valence-corrected chi connectivity index (χ3v) is 6.68. The fraction of sp³-hybridized carbons (Fsp3) is 0.375. The molecule has 5 heteroatoms. The first-order valence-corrected chi connectivity index (χ1v) is 10.5. The SMILES string of the molecule is C=CCN1c2cc(C(=O)NC)c3c(c2NC1C)NC1(C=C2CC=CC=C2C1)CC3. The first kappa shape index (κ1) is 18.1. The topological polar surface area (TPSA) is 56.4 Å². The van der Waals surface area contributed by atoms with Crippen molar-refractivity contribution in [3.8, 4) is 0 Å². The molecule has 0 radical (unpaired) electrons. The Balaban J connectivity index is 1.62. The van der Waals surface area contributed by atoms with Gasteiger partial charge in [0.2, 0.25) is 0 Å². The molecule has 0 aromatic heterocycles. The summed E-state index contributed by atoms with van der Waals surface area (Å²) < 4.78 is 0. The van der Waals surface area contributed by atoms with Crippen LogP contribution in [0.1, 0.15) is 42.1 Å². The Bertz CT molecular complexity index is 1000. The van der Waals surface area contributed by atoms with Crippen LogP contribution in [0.3, 0.4) is 0 Å². The van der Waals surface area contributed by atoms with Crippen LogP contribution in [-0.2, 0) is 6.42 Å². The van der Waals surface area contributed by atoms with E-state index in [4.69, 9.17) is 0 Å². The third-order valence-electron chi connectivity index (χ3n) is 6.68. The van der Waals surface area contributed by atoms with Crippen LogP contribution in [0, 0.1) is 0 Å². The fourth-order valence-corrected chi connectivity index (χ4v) is 5.27. The van der Waals surface area contributed by atoms with Gasteiger partial charge in [0, 0.05) is 19.2 Å². The quantitative estimate of drug-likeness (QED) is 0.682. The van der Waals surface area contributed by atoms with E-state index in [1.165, 1.54) is 11.1 Å². The van der Waals surface area contributed by atoms with E-state index in [2.05, 4.69) is 58.7 Å². The van der Waals surface area contributed by atoms with Gasteiger partial charge in [0.15, 0.2) is 0 Å². The van der Waals surface area contributed by atoms with E-state index < -0.39 is 0 Å². The summed E-state index contributed by atoms with van der Waals surface area (Å²) in [6.45, 7) is 6.79. The van der Waals surface area contributed by atoms with Crippen molar-refractivity contribution in [1.82, 2.24) is 5.32 Å². The number of fused-ring (bicyclic) bond motifs is 4. The van der Waals surface area contributed by atoms with Gasteiger partial charge in [0.1, 0.15) is 0 Å². The number of benzene rings is 1. The Morgan fingerprint density at radius 3 is 3.03 bits per heavy atom. The molecule has 1 spiro atoms. The molecule has 2 atom stereocenters. The minimum Gasteiger partial charge on any atom is -0.374 e. The molecule has 0 saturated carbocycles. The van der Waals surface area contributed by atoms with E-state index in [1.54, 1.807) is 7.05 Å². The van der Waals surface area contributed by atoms with Crippen molar-refractivity contribution >= 4 is 23.0 Å². The highest BCUT2D eigenvalue weighted by atomic mass is 16.1. The van der Waals surface area contributed by atoms with Gasteiger partial charge in [-0.25, -0.2) is 0 Å². The molecule has 150 valence electrons. The number of carbonyl (C=O) groups excluding carboxylic acids is 1. The van der Waals surface area contributed by atoms with Crippen molar-refractivity contribution in [2.45, 2.75) is 44.3 Å². The summed E-state index contributed by atoms with van der Waals surface area (Å²) in [7, 11) is 1.70. The predicted octanol–water partition coefficient (Wildman–Crippen LogP) is 4.12. The van der Waals surface area contributed by atoms with Gasteiger partial charge in [-0.2, -0.15) is 0 Å². The molecular weight excluding hydrogens is 360 g/mol. The van der Waals surface area contributed by atoms with E-state index in [0.717, 1.165) is 60.4 Å². The van der Waals surface area contributed by atoms with E-state index in [1.807, 2.05) is 12.1 Å². The van der Waals surface area contributed by atoms with Gasteiger partial charge >= 0.3 is 0 Å². The highest BCUT2D eigenvalue weighted by molar-refractivity contribution is 6.03. The second-order valence-corrected chi connectivity index (χ2v) is 8.46. The van der Waals surface area contributed by atoms with Gasteiger partial charge in [-0.05, 0) is 55.4 Å². The van der Waals surface area contributed by atoms with Crippen molar-refractivity contribution in [2.75, 3.05) is 29.1 Å². The molecule has 4 aliphatic rings. The highest BCUT2D eigenvalue weighted by Gasteiger charge is 2.42. The first-order valence-electron chi connectivity index (χ1n) is 10.5. The largest absolute Gasteiger partial charge is 0.374 e. The average molecular weight is 389 g/mol. The van der Waals surface area contributed by atoms with E-state index in [0.29, 0.717) is 0 Å². The van der Waals surface area contributed by atoms with Crippen LogP contribution in [0.15, 0.2) is 54.2 Å². The molecule has 0 fully saturated rings. The molecule has 1 aromatic carbocycles. The molecule has 1 amide bonds. The van der Waals surface area contributed by atoms with Crippen LogP contribution >= 0.6 is 0 Å².